The van der Waals surface area contributed by atoms with E-state index in [-0.39, 0.29) is 13.0 Å². The Morgan fingerprint density at radius 2 is 2.19 bits per heavy atom. The summed E-state index contributed by atoms with van der Waals surface area (Å²) in [6, 6.07) is 5.41. The van der Waals surface area contributed by atoms with Crippen LogP contribution in [0.25, 0.3) is 0 Å². The maximum Gasteiger partial charge on any atom is 0.307 e. The number of hydrogen-bond donors (Lipinski definition) is 2. The third kappa shape index (κ3) is 2.59. The molecule has 0 fully saturated rings. The van der Waals surface area contributed by atoms with Gasteiger partial charge in [0.15, 0.2) is 0 Å². The lowest BCUT2D eigenvalue weighted by atomic mass is 9.95. The van der Waals surface area contributed by atoms with Gasteiger partial charge in [0.05, 0.1) is 24.7 Å². The van der Waals surface area contributed by atoms with Crippen molar-refractivity contribution in [3.63, 3.8) is 0 Å². The van der Waals surface area contributed by atoms with Crippen LogP contribution in [0.3, 0.4) is 0 Å². The van der Waals surface area contributed by atoms with Crippen LogP contribution in [0.2, 0.25) is 0 Å². The van der Waals surface area contributed by atoms with Crippen molar-refractivity contribution < 1.29 is 15.0 Å². The van der Waals surface area contributed by atoms with Gasteiger partial charge in [0.25, 0.3) is 0 Å². The quantitative estimate of drug-likeness (QED) is 0.798. The number of rotatable bonds is 4. The highest BCUT2D eigenvalue weighted by Crippen LogP contribution is 2.19. The second kappa shape index (κ2) is 5.29. The molecule has 0 aliphatic rings. The molecule has 0 saturated heterocycles. The van der Waals surface area contributed by atoms with Crippen LogP contribution in [0, 0.1) is 11.3 Å². The Labute approximate surface area is 93.8 Å². The van der Waals surface area contributed by atoms with Crippen LogP contribution >= 0.6 is 0 Å². The summed E-state index contributed by atoms with van der Waals surface area (Å²) in [5, 5.41) is 26.8. The minimum Gasteiger partial charge on any atom is -0.481 e. The van der Waals surface area contributed by atoms with Gasteiger partial charge in [-0.05, 0) is 29.2 Å². The Morgan fingerprint density at radius 1 is 1.50 bits per heavy atom. The number of aliphatic hydroxyl groups excluding tert-OH is 1. The minimum absolute atomic E-state index is 0.168. The topological polar surface area (TPSA) is 81.3 Å². The van der Waals surface area contributed by atoms with Gasteiger partial charge in [-0.25, -0.2) is 0 Å². The first-order valence-electron chi connectivity index (χ1n) is 4.99. The van der Waals surface area contributed by atoms with Crippen molar-refractivity contribution in [3.05, 3.63) is 34.4 Å². The van der Waals surface area contributed by atoms with Crippen molar-refractivity contribution in [3.8, 4) is 6.07 Å². The lowest BCUT2D eigenvalue weighted by Gasteiger charge is -2.09. The van der Waals surface area contributed by atoms with Crippen LogP contribution in [-0.4, -0.2) is 16.2 Å². The molecular weight excluding hydrogens is 206 g/mol. The molecule has 0 spiro atoms. The van der Waals surface area contributed by atoms with E-state index < -0.39 is 5.97 Å². The Balaban J connectivity index is 3.32. The molecule has 0 saturated carbocycles. The molecule has 0 aliphatic carbocycles. The first-order chi connectivity index (χ1) is 7.62. The van der Waals surface area contributed by atoms with Crippen molar-refractivity contribution in [2.24, 2.45) is 0 Å². The van der Waals surface area contributed by atoms with Crippen LogP contribution in [-0.2, 0) is 24.2 Å². The van der Waals surface area contributed by atoms with Crippen molar-refractivity contribution in [1.29, 1.82) is 5.26 Å². The first kappa shape index (κ1) is 12.2. The fourth-order valence-electron chi connectivity index (χ4n) is 1.61. The van der Waals surface area contributed by atoms with Gasteiger partial charge >= 0.3 is 5.97 Å². The normalized spacial score (nSPS) is 9.81. The molecule has 0 bridgehead atoms. The number of nitrogens with zero attached hydrogens (tertiary/aromatic N) is 1. The maximum atomic E-state index is 10.7. The maximum absolute atomic E-state index is 10.7. The number of carbonyl (C=O) groups is 1. The standard InChI is InChI=1S/C12H13NO3/c1-2-8-3-9(5-12(15)16)11(7-14)10(4-8)6-13/h3-4,14H,2,5,7H2,1H3,(H,15,16). The van der Waals surface area contributed by atoms with Gasteiger partial charge < -0.3 is 10.2 Å². The van der Waals surface area contributed by atoms with E-state index in [0.29, 0.717) is 16.7 Å². The Bertz CT molecular complexity index is 446. The van der Waals surface area contributed by atoms with E-state index in [2.05, 4.69) is 0 Å². The number of carboxylic acids is 1. The highest BCUT2D eigenvalue weighted by Gasteiger charge is 2.12. The molecular formula is C12H13NO3. The van der Waals surface area contributed by atoms with E-state index in [0.717, 1.165) is 12.0 Å². The molecule has 4 nitrogen and oxygen atoms in total. The van der Waals surface area contributed by atoms with Crippen LogP contribution in [0.15, 0.2) is 12.1 Å². The monoisotopic (exact) mass is 219 g/mol. The van der Waals surface area contributed by atoms with Crippen molar-refractivity contribution in [2.75, 3.05) is 0 Å². The Morgan fingerprint density at radius 3 is 2.62 bits per heavy atom. The summed E-state index contributed by atoms with van der Waals surface area (Å²) in [5.74, 6) is -0.966. The van der Waals surface area contributed by atoms with E-state index >= 15 is 0 Å². The Hall–Kier alpha value is -1.86. The van der Waals surface area contributed by atoms with Gasteiger partial charge in [-0.2, -0.15) is 5.26 Å². The molecule has 1 rings (SSSR count). The van der Waals surface area contributed by atoms with Gasteiger partial charge in [-0.15, -0.1) is 0 Å². The predicted molar refractivity (Wildman–Crippen MR) is 57.8 cm³/mol. The summed E-state index contributed by atoms with van der Waals surface area (Å²) < 4.78 is 0. The fourth-order valence-corrected chi connectivity index (χ4v) is 1.61. The van der Waals surface area contributed by atoms with Crippen molar-refractivity contribution in [1.82, 2.24) is 0 Å². The number of aliphatic carboxylic acids is 1. The average Bonchev–Trinajstić information content (AvgIpc) is 2.27. The molecule has 16 heavy (non-hydrogen) atoms. The van der Waals surface area contributed by atoms with E-state index in [1.54, 1.807) is 12.1 Å². The fraction of sp³-hybridized carbons (Fsp3) is 0.333. The van der Waals surface area contributed by atoms with Gasteiger partial charge in [0.1, 0.15) is 0 Å². The third-order valence-corrected chi connectivity index (χ3v) is 2.43. The summed E-state index contributed by atoms with van der Waals surface area (Å²) in [6.45, 7) is 1.62. The zero-order chi connectivity index (χ0) is 12.1. The molecule has 4 heteroatoms. The van der Waals surface area contributed by atoms with E-state index in [9.17, 15) is 4.79 Å². The zero-order valence-electron chi connectivity index (χ0n) is 9.03. The molecule has 1 aromatic carbocycles. The van der Waals surface area contributed by atoms with Crippen molar-refractivity contribution in [2.45, 2.75) is 26.4 Å². The summed E-state index contributed by atoms with van der Waals surface area (Å²) >= 11 is 0. The summed E-state index contributed by atoms with van der Waals surface area (Å²) in [5.41, 5.74) is 2.20. The van der Waals surface area contributed by atoms with Crippen LogP contribution in [0.5, 0.6) is 0 Å². The van der Waals surface area contributed by atoms with E-state index in [1.807, 2.05) is 13.0 Å². The summed E-state index contributed by atoms with van der Waals surface area (Å²) in [4.78, 5) is 10.7. The minimum atomic E-state index is -0.966. The van der Waals surface area contributed by atoms with Gasteiger partial charge in [0, 0.05) is 0 Å². The van der Waals surface area contributed by atoms with E-state index in [1.165, 1.54) is 0 Å². The molecule has 0 aliphatic heterocycles. The molecule has 0 aromatic heterocycles. The van der Waals surface area contributed by atoms with Crippen LogP contribution in [0.1, 0.15) is 29.2 Å². The summed E-state index contributed by atoms with van der Waals surface area (Å²) in [6.07, 6.45) is 0.561. The molecule has 2 N–H and O–H groups in total. The third-order valence-electron chi connectivity index (χ3n) is 2.43. The van der Waals surface area contributed by atoms with Gasteiger partial charge in [-0.3, -0.25) is 4.79 Å². The largest absolute Gasteiger partial charge is 0.481 e. The van der Waals surface area contributed by atoms with Gasteiger partial charge in [-0.1, -0.05) is 13.0 Å². The number of aryl methyl sites for hydroxylation is 1. The summed E-state index contributed by atoms with van der Waals surface area (Å²) in [7, 11) is 0. The van der Waals surface area contributed by atoms with Crippen LogP contribution in [0.4, 0.5) is 0 Å². The molecule has 0 radical (unpaired) electrons. The Kier molecular flexibility index (Phi) is 4.03. The molecule has 0 amide bonds. The number of benzene rings is 1. The predicted octanol–water partition coefficient (Wildman–Crippen LogP) is 1.24. The molecule has 1 aromatic rings. The highest BCUT2D eigenvalue weighted by atomic mass is 16.4. The first-order valence-corrected chi connectivity index (χ1v) is 4.99. The number of hydrogen-bond acceptors (Lipinski definition) is 3. The smallest absolute Gasteiger partial charge is 0.307 e. The van der Waals surface area contributed by atoms with Crippen molar-refractivity contribution >= 4 is 5.97 Å². The highest BCUT2D eigenvalue weighted by molar-refractivity contribution is 5.71. The SMILES string of the molecule is CCc1cc(C#N)c(CO)c(CC(=O)O)c1. The van der Waals surface area contributed by atoms with Crippen LogP contribution < -0.4 is 0 Å². The molecule has 0 atom stereocenters. The number of aliphatic hydroxyl groups is 1. The number of carboxylic acid groups (broad SMARTS) is 1. The second-order valence-electron chi connectivity index (χ2n) is 3.48. The molecule has 0 heterocycles. The lowest BCUT2D eigenvalue weighted by molar-refractivity contribution is -0.136. The molecule has 84 valence electrons. The number of nitriles is 1. The molecule has 0 unspecified atom stereocenters. The second-order valence-corrected chi connectivity index (χ2v) is 3.48. The van der Waals surface area contributed by atoms with E-state index in [4.69, 9.17) is 15.5 Å². The zero-order valence-corrected chi connectivity index (χ0v) is 9.03. The lowest BCUT2D eigenvalue weighted by Crippen LogP contribution is -2.06. The average molecular weight is 219 g/mol. The van der Waals surface area contributed by atoms with Gasteiger partial charge in [0.2, 0.25) is 0 Å².